The molecule has 0 aromatic heterocycles. The maximum absolute atomic E-state index is 11.1. The Morgan fingerprint density at radius 2 is 1.95 bits per heavy atom. The molecule has 0 bridgehead atoms. The Labute approximate surface area is 121 Å². The predicted molar refractivity (Wildman–Crippen MR) is 78.4 cm³/mol. The molecular weight excluding hydrogens is 280 g/mol. The van der Waals surface area contributed by atoms with Crippen LogP contribution in [-0.4, -0.2) is 12.0 Å². The van der Waals surface area contributed by atoms with E-state index in [-0.39, 0.29) is 18.0 Å². The third kappa shape index (κ3) is 3.19. The van der Waals surface area contributed by atoms with Crippen LogP contribution in [0.3, 0.4) is 0 Å². The van der Waals surface area contributed by atoms with Crippen molar-refractivity contribution in [3.8, 4) is 5.75 Å². The van der Waals surface area contributed by atoms with Crippen LogP contribution in [0.4, 0.5) is 11.4 Å². The van der Waals surface area contributed by atoms with Gasteiger partial charge < -0.3 is 10.1 Å². The molecule has 0 fully saturated rings. The molecule has 1 N–H and O–H groups in total. The smallest absolute Gasteiger partial charge is 0.333 e. The summed E-state index contributed by atoms with van der Waals surface area (Å²) in [5.41, 5.74) is 1.24. The summed E-state index contributed by atoms with van der Waals surface area (Å²) in [5.74, 6) is 0.233. The molecule has 0 saturated heterocycles. The lowest BCUT2D eigenvalue weighted by atomic mass is 10.2. The summed E-state index contributed by atoms with van der Waals surface area (Å²) in [5, 5.41) is 14.5. The molecule has 0 radical (unpaired) electrons. The molecule has 6 heteroatoms. The van der Waals surface area contributed by atoms with Gasteiger partial charge in [-0.25, -0.2) is 0 Å². The van der Waals surface area contributed by atoms with Crippen molar-refractivity contribution < 1.29 is 9.66 Å². The van der Waals surface area contributed by atoms with E-state index in [1.807, 2.05) is 12.1 Å². The first-order valence-corrected chi connectivity index (χ1v) is 6.32. The van der Waals surface area contributed by atoms with Gasteiger partial charge in [-0.15, -0.1) is 0 Å². The van der Waals surface area contributed by atoms with E-state index in [4.69, 9.17) is 16.3 Å². The molecule has 20 heavy (non-hydrogen) atoms. The zero-order valence-electron chi connectivity index (χ0n) is 10.8. The molecule has 0 spiro atoms. The van der Waals surface area contributed by atoms with E-state index in [1.165, 1.54) is 0 Å². The molecule has 0 heterocycles. The van der Waals surface area contributed by atoms with E-state index in [1.54, 1.807) is 37.4 Å². The molecule has 0 atom stereocenters. The molecule has 2 aromatic carbocycles. The second kappa shape index (κ2) is 6.25. The summed E-state index contributed by atoms with van der Waals surface area (Å²) in [6.45, 7) is 0.241. The SMILES string of the molecule is CNc1cccc(OCc2ccc(Cl)cc2)c1[N+](=O)[O-]. The van der Waals surface area contributed by atoms with Gasteiger partial charge in [0, 0.05) is 12.1 Å². The van der Waals surface area contributed by atoms with Crippen molar-refractivity contribution >= 4 is 23.0 Å². The Morgan fingerprint density at radius 3 is 2.55 bits per heavy atom. The molecule has 0 unspecified atom stereocenters. The maximum Gasteiger partial charge on any atom is 0.333 e. The lowest BCUT2D eigenvalue weighted by molar-refractivity contribution is -0.385. The molecule has 0 aliphatic carbocycles. The minimum atomic E-state index is -0.455. The number of nitrogens with zero attached hydrogens (tertiary/aromatic N) is 1. The minimum absolute atomic E-state index is 0.0658. The minimum Gasteiger partial charge on any atom is -0.482 e. The van der Waals surface area contributed by atoms with Crippen LogP contribution < -0.4 is 10.1 Å². The number of anilines is 1. The highest BCUT2D eigenvalue weighted by atomic mass is 35.5. The maximum atomic E-state index is 11.1. The molecule has 5 nitrogen and oxygen atoms in total. The molecule has 104 valence electrons. The number of nitro benzene ring substituents is 1. The van der Waals surface area contributed by atoms with Gasteiger partial charge in [0.2, 0.25) is 0 Å². The summed E-state index contributed by atoms with van der Waals surface area (Å²) >= 11 is 5.80. The van der Waals surface area contributed by atoms with Gasteiger partial charge in [0.15, 0.2) is 5.75 Å². The number of rotatable bonds is 5. The summed E-state index contributed by atoms with van der Waals surface area (Å²) in [6, 6.07) is 12.0. The first kappa shape index (κ1) is 14.1. The molecule has 2 aromatic rings. The highest BCUT2D eigenvalue weighted by molar-refractivity contribution is 6.30. The van der Waals surface area contributed by atoms with Gasteiger partial charge in [-0.3, -0.25) is 10.1 Å². The molecule has 0 saturated carbocycles. The van der Waals surface area contributed by atoms with E-state index in [0.717, 1.165) is 5.56 Å². The van der Waals surface area contributed by atoms with Crippen LogP contribution in [0.15, 0.2) is 42.5 Å². The van der Waals surface area contributed by atoms with Crippen molar-refractivity contribution in [1.82, 2.24) is 0 Å². The van der Waals surface area contributed by atoms with E-state index in [0.29, 0.717) is 10.7 Å². The number of nitrogens with one attached hydrogen (secondary N) is 1. The standard InChI is InChI=1S/C14H13ClN2O3/c1-16-12-3-2-4-13(14(12)17(18)19)20-9-10-5-7-11(15)8-6-10/h2-8,16H,9H2,1H3. The van der Waals surface area contributed by atoms with Crippen LogP contribution in [0, 0.1) is 10.1 Å². The highest BCUT2D eigenvalue weighted by Crippen LogP contribution is 2.34. The number of halogens is 1. The fraction of sp³-hybridized carbons (Fsp3) is 0.143. The number of ether oxygens (including phenoxy) is 1. The molecule has 0 aliphatic heterocycles. The van der Waals surface area contributed by atoms with Gasteiger partial charge >= 0.3 is 5.69 Å². The van der Waals surface area contributed by atoms with Crippen LogP contribution in [0.25, 0.3) is 0 Å². The van der Waals surface area contributed by atoms with Gasteiger partial charge in [-0.1, -0.05) is 29.8 Å². The summed E-state index contributed by atoms with van der Waals surface area (Å²) < 4.78 is 5.54. The van der Waals surface area contributed by atoms with Crippen molar-refractivity contribution in [1.29, 1.82) is 0 Å². The highest BCUT2D eigenvalue weighted by Gasteiger charge is 2.20. The monoisotopic (exact) mass is 292 g/mol. The topological polar surface area (TPSA) is 64.4 Å². The molecular formula is C14H13ClN2O3. The van der Waals surface area contributed by atoms with Crippen LogP contribution in [-0.2, 0) is 6.61 Å². The summed E-state index contributed by atoms with van der Waals surface area (Å²) in [7, 11) is 1.63. The largest absolute Gasteiger partial charge is 0.482 e. The lowest BCUT2D eigenvalue weighted by Crippen LogP contribution is -2.02. The molecule has 0 amide bonds. The predicted octanol–water partition coefficient (Wildman–Crippen LogP) is 3.87. The average molecular weight is 293 g/mol. The number of nitro groups is 1. The van der Waals surface area contributed by atoms with Crippen molar-refractivity contribution in [2.75, 3.05) is 12.4 Å². The van der Waals surface area contributed by atoms with E-state index < -0.39 is 4.92 Å². The van der Waals surface area contributed by atoms with E-state index in [2.05, 4.69) is 5.32 Å². The first-order chi connectivity index (χ1) is 9.61. The normalized spacial score (nSPS) is 10.1. The summed E-state index contributed by atoms with van der Waals surface area (Å²) in [6.07, 6.45) is 0. The zero-order valence-corrected chi connectivity index (χ0v) is 11.6. The Balaban J connectivity index is 2.21. The fourth-order valence-corrected chi connectivity index (χ4v) is 1.90. The van der Waals surface area contributed by atoms with Gasteiger partial charge in [0.1, 0.15) is 12.3 Å². The first-order valence-electron chi connectivity index (χ1n) is 5.94. The van der Waals surface area contributed by atoms with Crippen LogP contribution in [0.5, 0.6) is 5.75 Å². The Kier molecular flexibility index (Phi) is 4.42. The third-order valence-corrected chi connectivity index (χ3v) is 3.01. The van der Waals surface area contributed by atoms with Crippen LogP contribution in [0.2, 0.25) is 5.02 Å². The van der Waals surface area contributed by atoms with Gasteiger partial charge in [0.25, 0.3) is 0 Å². The second-order valence-corrected chi connectivity index (χ2v) is 4.51. The quantitative estimate of drug-likeness (QED) is 0.671. The third-order valence-electron chi connectivity index (χ3n) is 2.76. The van der Waals surface area contributed by atoms with Crippen molar-refractivity contribution in [2.24, 2.45) is 0 Å². The summed E-state index contributed by atoms with van der Waals surface area (Å²) in [4.78, 5) is 10.7. The lowest BCUT2D eigenvalue weighted by Gasteiger charge is -2.09. The Bertz CT molecular complexity index is 614. The molecule has 0 aliphatic rings. The average Bonchev–Trinajstić information content (AvgIpc) is 2.46. The van der Waals surface area contributed by atoms with E-state index in [9.17, 15) is 10.1 Å². The Morgan fingerprint density at radius 1 is 1.25 bits per heavy atom. The van der Waals surface area contributed by atoms with Crippen LogP contribution >= 0.6 is 11.6 Å². The van der Waals surface area contributed by atoms with Crippen molar-refractivity contribution in [3.63, 3.8) is 0 Å². The number of para-hydroxylation sites is 1. The van der Waals surface area contributed by atoms with Crippen LogP contribution in [0.1, 0.15) is 5.56 Å². The number of hydrogen-bond donors (Lipinski definition) is 1. The van der Waals surface area contributed by atoms with Gasteiger partial charge in [-0.05, 0) is 29.8 Å². The van der Waals surface area contributed by atoms with Crippen molar-refractivity contribution in [2.45, 2.75) is 6.61 Å². The van der Waals surface area contributed by atoms with E-state index >= 15 is 0 Å². The van der Waals surface area contributed by atoms with Gasteiger partial charge in [-0.2, -0.15) is 0 Å². The van der Waals surface area contributed by atoms with Crippen molar-refractivity contribution in [3.05, 3.63) is 63.2 Å². The number of benzene rings is 2. The molecule has 2 rings (SSSR count). The second-order valence-electron chi connectivity index (χ2n) is 4.07. The zero-order chi connectivity index (χ0) is 14.5. The Hall–Kier alpha value is -2.27. The number of hydrogen-bond acceptors (Lipinski definition) is 4. The fourth-order valence-electron chi connectivity index (χ4n) is 1.77. The van der Waals surface area contributed by atoms with Gasteiger partial charge in [0.05, 0.1) is 4.92 Å².